The number of halogens is 1. The van der Waals surface area contributed by atoms with Crippen LogP contribution in [0.2, 0.25) is 0 Å². The summed E-state index contributed by atoms with van der Waals surface area (Å²) in [4.78, 5) is 26.9. The molecule has 2 aliphatic heterocycles. The topological polar surface area (TPSA) is 79.0 Å². The van der Waals surface area contributed by atoms with Crippen molar-refractivity contribution in [1.82, 2.24) is 4.90 Å². The van der Waals surface area contributed by atoms with E-state index in [1.165, 1.54) is 48.5 Å². The minimum atomic E-state index is -0.718. The maximum absolute atomic E-state index is 13.2. The summed E-state index contributed by atoms with van der Waals surface area (Å²) >= 11 is 0. The summed E-state index contributed by atoms with van der Waals surface area (Å²) in [5.41, 5.74) is 6.44. The third kappa shape index (κ3) is 2.95. The third-order valence-corrected chi connectivity index (χ3v) is 5.83. The van der Waals surface area contributed by atoms with Crippen molar-refractivity contribution in [3.05, 3.63) is 30.1 Å². The highest BCUT2D eigenvalue weighted by molar-refractivity contribution is 6.40. The molecule has 26 heavy (non-hydrogen) atoms. The van der Waals surface area contributed by atoms with Crippen LogP contribution in [0.25, 0.3) is 0 Å². The minimum Gasteiger partial charge on any atom is -0.368 e. The molecule has 1 aliphatic carbocycles. The summed E-state index contributed by atoms with van der Waals surface area (Å²) in [7, 11) is 0. The van der Waals surface area contributed by atoms with Crippen molar-refractivity contribution < 1.29 is 14.0 Å². The summed E-state index contributed by atoms with van der Waals surface area (Å²) in [5, 5.41) is 5.86. The Balaban J connectivity index is 1.57. The highest BCUT2D eigenvalue weighted by Gasteiger charge is 2.42. The molecular formula is C19H23FN4O2. The lowest BCUT2D eigenvalue weighted by Gasteiger charge is -2.36. The lowest BCUT2D eigenvalue weighted by atomic mass is 9.78. The zero-order valence-electron chi connectivity index (χ0n) is 14.6. The van der Waals surface area contributed by atoms with Gasteiger partial charge in [0, 0.05) is 19.0 Å². The second kappa shape index (κ2) is 6.70. The largest absolute Gasteiger partial charge is 0.368 e. The maximum Gasteiger partial charge on any atom is 0.270 e. The fraction of sp³-hybridized carbons (Fsp3) is 0.526. The number of hydrogen-bond acceptors (Lipinski definition) is 4. The van der Waals surface area contributed by atoms with Crippen LogP contribution in [0.15, 0.2) is 29.4 Å². The molecule has 2 fully saturated rings. The molecule has 2 heterocycles. The van der Waals surface area contributed by atoms with Gasteiger partial charge in [-0.25, -0.2) is 4.39 Å². The lowest BCUT2D eigenvalue weighted by molar-refractivity contribution is -0.126. The number of likely N-dealkylation sites (tertiary alicyclic amines) is 1. The quantitative estimate of drug-likeness (QED) is 0.894. The van der Waals surface area contributed by atoms with E-state index >= 15 is 0 Å². The first-order valence-electron chi connectivity index (χ1n) is 9.27. The van der Waals surface area contributed by atoms with Gasteiger partial charge in [-0.3, -0.25) is 14.6 Å². The minimum absolute atomic E-state index is 0.0877. The number of carbonyl (C=O) groups excluding carboxylic acids is 2. The van der Waals surface area contributed by atoms with E-state index in [1.54, 1.807) is 0 Å². The second-order valence-electron chi connectivity index (χ2n) is 7.39. The Bertz CT molecular complexity index is 744. The van der Waals surface area contributed by atoms with Crippen LogP contribution in [0.5, 0.6) is 0 Å². The van der Waals surface area contributed by atoms with Gasteiger partial charge in [-0.2, -0.15) is 5.10 Å². The number of hydrogen-bond donors (Lipinski definition) is 1. The molecule has 0 radical (unpaired) electrons. The maximum atomic E-state index is 13.2. The van der Waals surface area contributed by atoms with Gasteiger partial charge in [0.2, 0.25) is 5.91 Å². The number of anilines is 1. The molecule has 1 aromatic carbocycles. The van der Waals surface area contributed by atoms with Gasteiger partial charge < -0.3 is 10.6 Å². The van der Waals surface area contributed by atoms with Crippen molar-refractivity contribution in [2.24, 2.45) is 16.8 Å². The van der Waals surface area contributed by atoms with Crippen LogP contribution in [0.1, 0.15) is 38.5 Å². The number of amides is 2. The van der Waals surface area contributed by atoms with E-state index in [4.69, 9.17) is 5.73 Å². The number of carbonyl (C=O) groups is 2. The third-order valence-electron chi connectivity index (χ3n) is 5.83. The van der Waals surface area contributed by atoms with Crippen LogP contribution < -0.4 is 10.7 Å². The van der Waals surface area contributed by atoms with E-state index < -0.39 is 11.9 Å². The van der Waals surface area contributed by atoms with Crippen LogP contribution in [-0.2, 0) is 9.59 Å². The molecule has 1 saturated carbocycles. The molecule has 0 unspecified atom stereocenters. The highest BCUT2D eigenvalue weighted by atomic mass is 19.1. The van der Waals surface area contributed by atoms with Gasteiger partial charge in [-0.05, 0) is 55.9 Å². The smallest absolute Gasteiger partial charge is 0.270 e. The van der Waals surface area contributed by atoms with Crippen molar-refractivity contribution in [3.63, 3.8) is 0 Å². The molecule has 0 aromatic heterocycles. The molecular weight excluding hydrogens is 335 g/mol. The number of primary amides is 1. The zero-order chi connectivity index (χ0) is 18.3. The number of hydrazone groups is 1. The average Bonchev–Trinajstić information content (AvgIpc) is 3.21. The molecule has 2 atom stereocenters. The molecule has 2 N–H and O–H groups in total. The first-order valence-corrected chi connectivity index (χ1v) is 9.27. The van der Waals surface area contributed by atoms with Gasteiger partial charge in [0.25, 0.3) is 5.91 Å². The molecule has 6 nitrogen and oxygen atoms in total. The summed E-state index contributed by atoms with van der Waals surface area (Å²) < 4.78 is 13.2. The molecule has 0 spiro atoms. The van der Waals surface area contributed by atoms with Crippen molar-refractivity contribution in [1.29, 1.82) is 0 Å². The Morgan fingerprint density at radius 2 is 1.85 bits per heavy atom. The Labute approximate surface area is 151 Å². The van der Waals surface area contributed by atoms with E-state index in [-0.39, 0.29) is 18.1 Å². The summed E-state index contributed by atoms with van der Waals surface area (Å²) in [6.45, 7) is 0.747. The van der Waals surface area contributed by atoms with Gasteiger partial charge in [-0.15, -0.1) is 0 Å². The van der Waals surface area contributed by atoms with Crippen LogP contribution in [-0.4, -0.2) is 41.1 Å². The first-order chi connectivity index (χ1) is 12.5. The standard InChI is InChI=1S/C19H23FN4O2/c20-13-6-8-14(9-7-13)24-17(18(21)25)11-15(22-24)19(26)23-10-2-5-16(23)12-3-1-4-12/h6-9,12,16-17H,1-5,10-11H2,(H2,21,25)/t16-,17+/m0/s1. The lowest BCUT2D eigenvalue weighted by Crippen LogP contribution is -2.45. The fourth-order valence-corrected chi connectivity index (χ4v) is 4.22. The van der Waals surface area contributed by atoms with Crippen LogP contribution >= 0.6 is 0 Å². The number of nitrogens with two attached hydrogens (primary N) is 1. The predicted octanol–water partition coefficient (Wildman–Crippen LogP) is 2.04. The average molecular weight is 358 g/mol. The molecule has 7 heteroatoms. The molecule has 4 rings (SSSR count). The number of rotatable bonds is 4. The van der Waals surface area contributed by atoms with E-state index in [1.807, 2.05) is 4.90 Å². The second-order valence-corrected chi connectivity index (χ2v) is 7.39. The van der Waals surface area contributed by atoms with Crippen molar-refractivity contribution in [2.45, 2.75) is 50.6 Å². The SMILES string of the molecule is NC(=O)[C@H]1CC(C(=O)N2CCC[C@H]2C2CCC2)=NN1c1ccc(F)cc1. The highest BCUT2D eigenvalue weighted by Crippen LogP contribution is 2.37. The molecule has 0 bridgehead atoms. The summed E-state index contributed by atoms with van der Waals surface area (Å²) in [6, 6.07) is 5.26. The normalized spacial score (nSPS) is 26.0. The molecule has 1 aromatic rings. The zero-order valence-corrected chi connectivity index (χ0v) is 14.6. The van der Waals surface area contributed by atoms with E-state index in [0.29, 0.717) is 23.4 Å². The van der Waals surface area contributed by atoms with Crippen LogP contribution in [0, 0.1) is 11.7 Å². The monoisotopic (exact) mass is 358 g/mol. The Hall–Kier alpha value is -2.44. The van der Waals surface area contributed by atoms with E-state index in [0.717, 1.165) is 19.4 Å². The fourth-order valence-electron chi connectivity index (χ4n) is 4.22. The van der Waals surface area contributed by atoms with Gasteiger partial charge in [0.1, 0.15) is 17.6 Å². The summed E-state index contributed by atoms with van der Waals surface area (Å²) in [6.07, 6.45) is 5.87. The van der Waals surface area contributed by atoms with E-state index in [2.05, 4.69) is 5.10 Å². The van der Waals surface area contributed by atoms with Gasteiger partial charge >= 0.3 is 0 Å². The number of nitrogens with zero attached hydrogens (tertiary/aromatic N) is 3. The van der Waals surface area contributed by atoms with Gasteiger partial charge in [0.15, 0.2) is 0 Å². The van der Waals surface area contributed by atoms with Crippen LogP contribution in [0.4, 0.5) is 10.1 Å². The first kappa shape index (κ1) is 17.0. The summed E-state index contributed by atoms with van der Waals surface area (Å²) in [5.74, 6) is -0.402. The molecule has 138 valence electrons. The van der Waals surface area contributed by atoms with Crippen molar-refractivity contribution in [3.8, 4) is 0 Å². The van der Waals surface area contributed by atoms with Crippen molar-refractivity contribution >= 4 is 23.2 Å². The van der Waals surface area contributed by atoms with E-state index in [9.17, 15) is 14.0 Å². The molecule has 2 amide bonds. The predicted molar refractivity (Wildman–Crippen MR) is 96.0 cm³/mol. The Morgan fingerprint density at radius 1 is 1.12 bits per heavy atom. The Kier molecular flexibility index (Phi) is 4.38. The van der Waals surface area contributed by atoms with Gasteiger partial charge in [-0.1, -0.05) is 6.42 Å². The van der Waals surface area contributed by atoms with Gasteiger partial charge in [0.05, 0.1) is 5.69 Å². The number of benzene rings is 1. The molecule has 3 aliphatic rings. The molecule has 1 saturated heterocycles. The van der Waals surface area contributed by atoms with Crippen molar-refractivity contribution in [2.75, 3.05) is 11.6 Å². The Morgan fingerprint density at radius 3 is 2.46 bits per heavy atom. The van der Waals surface area contributed by atoms with Crippen LogP contribution in [0.3, 0.4) is 0 Å².